The van der Waals surface area contributed by atoms with Crippen LogP contribution in [0, 0.1) is 0 Å². The van der Waals surface area contributed by atoms with Crippen LogP contribution >= 0.6 is 0 Å². The molecule has 0 aliphatic carbocycles. The maximum atomic E-state index is 11.7. The fraction of sp³-hybridized carbons (Fsp3) is 0.500. The summed E-state index contributed by atoms with van der Waals surface area (Å²) in [5.41, 5.74) is 1.56. The fourth-order valence-electron chi connectivity index (χ4n) is 2.12. The number of methoxy groups -OCH3 is 1. The summed E-state index contributed by atoms with van der Waals surface area (Å²) in [7, 11) is 1.42. The number of esters is 1. The highest BCUT2D eigenvalue weighted by Gasteiger charge is 2.31. The molecule has 0 saturated heterocycles. The molecule has 3 nitrogen and oxygen atoms in total. The zero-order valence-corrected chi connectivity index (χ0v) is 10.6. The number of rotatable bonds is 2. The van der Waals surface area contributed by atoms with Crippen LogP contribution in [0.25, 0.3) is 0 Å². The standard InChI is InChI=1S/C14H18O3/c1-14(2,13(15)16-3)11-6-7-12-10(9-11)5-4-8-17-12/h6-7,9H,4-5,8H2,1-3H3. The van der Waals surface area contributed by atoms with E-state index in [0.29, 0.717) is 0 Å². The summed E-state index contributed by atoms with van der Waals surface area (Å²) in [5.74, 6) is 0.731. The largest absolute Gasteiger partial charge is 0.493 e. The first-order valence-electron chi connectivity index (χ1n) is 5.90. The van der Waals surface area contributed by atoms with Crippen molar-refractivity contribution in [2.75, 3.05) is 13.7 Å². The Morgan fingerprint density at radius 1 is 1.41 bits per heavy atom. The summed E-state index contributed by atoms with van der Waals surface area (Å²) < 4.78 is 10.4. The number of aryl methyl sites for hydroxylation is 1. The molecule has 92 valence electrons. The average Bonchev–Trinajstić information content (AvgIpc) is 2.37. The van der Waals surface area contributed by atoms with Crippen molar-refractivity contribution in [1.82, 2.24) is 0 Å². The fourth-order valence-corrected chi connectivity index (χ4v) is 2.12. The van der Waals surface area contributed by atoms with Crippen LogP contribution in [0.15, 0.2) is 18.2 Å². The number of carbonyl (C=O) groups excluding carboxylic acids is 1. The van der Waals surface area contributed by atoms with E-state index in [0.717, 1.165) is 30.8 Å². The summed E-state index contributed by atoms with van der Waals surface area (Å²) in [6.07, 6.45) is 2.05. The summed E-state index contributed by atoms with van der Waals surface area (Å²) in [4.78, 5) is 11.7. The molecule has 0 unspecified atom stereocenters. The van der Waals surface area contributed by atoms with E-state index in [4.69, 9.17) is 9.47 Å². The van der Waals surface area contributed by atoms with E-state index in [1.807, 2.05) is 26.0 Å². The van der Waals surface area contributed by atoms with Gasteiger partial charge in [-0.2, -0.15) is 0 Å². The number of carbonyl (C=O) groups is 1. The van der Waals surface area contributed by atoms with E-state index in [-0.39, 0.29) is 5.97 Å². The van der Waals surface area contributed by atoms with E-state index >= 15 is 0 Å². The molecule has 1 heterocycles. The summed E-state index contributed by atoms with van der Waals surface area (Å²) in [6.45, 7) is 4.54. The summed E-state index contributed by atoms with van der Waals surface area (Å²) in [5, 5.41) is 0. The Kier molecular flexibility index (Phi) is 3.09. The van der Waals surface area contributed by atoms with Crippen LogP contribution in [-0.4, -0.2) is 19.7 Å². The molecule has 2 rings (SSSR count). The van der Waals surface area contributed by atoms with Crippen LogP contribution in [0.1, 0.15) is 31.4 Å². The minimum Gasteiger partial charge on any atom is -0.493 e. The number of benzene rings is 1. The third-order valence-electron chi connectivity index (χ3n) is 3.33. The molecule has 0 amide bonds. The lowest BCUT2D eigenvalue weighted by Crippen LogP contribution is -2.30. The van der Waals surface area contributed by atoms with Crippen LogP contribution in [0.3, 0.4) is 0 Å². The van der Waals surface area contributed by atoms with Gasteiger partial charge in [-0.1, -0.05) is 12.1 Å². The third-order valence-corrected chi connectivity index (χ3v) is 3.33. The quantitative estimate of drug-likeness (QED) is 0.737. The van der Waals surface area contributed by atoms with Gasteiger partial charge in [0.05, 0.1) is 19.1 Å². The number of ether oxygens (including phenoxy) is 2. The van der Waals surface area contributed by atoms with Crippen molar-refractivity contribution in [3.8, 4) is 5.75 Å². The first kappa shape index (κ1) is 12.0. The van der Waals surface area contributed by atoms with Gasteiger partial charge in [-0.3, -0.25) is 4.79 Å². The Balaban J connectivity index is 2.36. The Labute approximate surface area is 102 Å². The Morgan fingerprint density at radius 2 is 2.18 bits per heavy atom. The second-order valence-corrected chi connectivity index (χ2v) is 4.89. The Hall–Kier alpha value is -1.51. The first-order chi connectivity index (χ1) is 8.05. The highest BCUT2D eigenvalue weighted by atomic mass is 16.5. The molecule has 0 fully saturated rings. The molecule has 1 aliphatic rings. The third kappa shape index (κ3) is 2.14. The van der Waals surface area contributed by atoms with Gasteiger partial charge in [0.2, 0.25) is 0 Å². The van der Waals surface area contributed by atoms with Gasteiger partial charge in [0, 0.05) is 0 Å². The van der Waals surface area contributed by atoms with Crippen molar-refractivity contribution in [2.24, 2.45) is 0 Å². The molecule has 0 atom stereocenters. The van der Waals surface area contributed by atoms with Crippen molar-refractivity contribution in [3.05, 3.63) is 29.3 Å². The van der Waals surface area contributed by atoms with Gasteiger partial charge in [0.25, 0.3) is 0 Å². The zero-order valence-electron chi connectivity index (χ0n) is 10.6. The summed E-state index contributed by atoms with van der Waals surface area (Å²) in [6, 6.07) is 5.96. The van der Waals surface area contributed by atoms with Crippen molar-refractivity contribution >= 4 is 5.97 Å². The highest BCUT2D eigenvalue weighted by Crippen LogP contribution is 2.31. The van der Waals surface area contributed by atoms with Gasteiger partial charge in [0.1, 0.15) is 5.75 Å². The maximum absolute atomic E-state index is 11.7. The predicted octanol–water partition coefficient (Wildman–Crippen LogP) is 2.46. The second-order valence-electron chi connectivity index (χ2n) is 4.89. The number of fused-ring (bicyclic) bond motifs is 1. The van der Waals surface area contributed by atoms with Crippen molar-refractivity contribution in [1.29, 1.82) is 0 Å². The van der Waals surface area contributed by atoms with E-state index in [2.05, 4.69) is 6.07 Å². The average molecular weight is 234 g/mol. The lowest BCUT2D eigenvalue weighted by atomic mass is 9.83. The monoisotopic (exact) mass is 234 g/mol. The highest BCUT2D eigenvalue weighted by molar-refractivity contribution is 5.82. The lowest BCUT2D eigenvalue weighted by Gasteiger charge is -2.25. The molecule has 0 bridgehead atoms. The lowest BCUT2D eigenvalue weighted by molar-refractivity contribution is -0.146. The van der Waals surface area contributed by atoms with Crippen molar-refractivity contribution < 1.29 is 14.3 Å². The van der Waals surface area contributed by atoms with Crippen LogP contribution < -0.4 is 4.74 Å². The predicted molar refractivity (Wildman–Crippen MR) is 65.3 cm³/mol. The topological polar surface area (TPSA) is 35.5 Å². The van der Waals surface area contributed by atoms with E-state index < -0.39 is 5.41 Å². The van der Waals surface area contributed by atoms with Crippen LogP contribution in [0.4, 0.5) is 0 Å². The van der Waals surface area contributed by atoms with Gasteiger partial charge >= 0.3 is 5.97 Å². The molecular formula is C14H18O3. The molecule has 1 aliphatic heterocycles. The van der Waals surface area contributed by atoms with E-state index in [1.165, 1.54) is 12.7 Å². The van der Waals surface area contributed by atoms with Crippen LogP contribution in [0.5, 0.6) is 5.75 Å². The Morgan fingerprint density at radius 3 is 2.88 bits per heavy atom. The smallest absolute Gasteiger partial charge is 0.315 e. The van der Waals surface area contributed by atoms with Gasteiger partial charge < -0.3 is 9.47 Å². The first-order valence-corrected chi connectivity index (χ1v) is 5.90. The molecule has 3 heteroatoms. The zero-order chi connectivity index (χ0) is 12.5. The molecule has 0 saturated carbocycles. The molecule has 0 N–H and O–H groups in total. The molecule has 1 aromatic carbocycles. The van der Waals surface area contributed by atoms with Gasteiger partial charge in [-0.25, -0.2) is 0 Å². The van der Waals surface area contributed by atoms with E-state index in [1.54, 1.807) is 0 Å². The van der Waals surface area contributed by atoms with Crippen LogP contribution in [-0.2, 0) is 21.4 Å². The second kappa shape index (κ2) is 4.40. The molecule has 17 heavy (non-hydrogen) atoms. The molecule has 0 radical (unpaired) electrons. The Bertz CT molecular complexity index is 435. The van der Waals surface area contributed by atoms with Crippen molar-refractivity contribution in [3.63, 3.8) is 0 Å². The SMILES string of the molecule is COC(=O)C(C)(C)c1ccc2c(c1)CCCO2. The normalized spacial score (nSPS) is 14.8. The number of hydrogen-bond acceptors (Lipinski definition) is 3. The van der Waals surface area contributed by atoms with Gasteiger partial charge in [0.15, 0.2) is 0 Å². The molecular weight excluding hydrogens is 216 g/mol. The maximum Gasteiger partial charge on any atom is 0.315 e. The minimum absolute atomic E-state index is 0.214. The molecule has 0 spiro atoms. The number of hydrogen-bond donors (Lipinski definition) is 0. The van der Waals surface area contributed by atoms with Gasteiger partial charge in [-0.05, 0) is 43.9 Å². The van der Waals surface area contributed by atoms with Crippen molar-refractivity contribution in [2.45, 2.75) is 32.1 Å². The molecule has 0 aromatic heterocycles. The minimum atomic E-state index is -0.610. The molecule has 1 aromatic rings. The summed E-state index contributed by atoms with van der Waals surface area (Å²) >= 11 is 0. The van der Waals surface area contributed by atoms with Crippen LogP contribution in [0.2, 0.25) is 0 Å². The van der Waals surface area contributed by atoms with E-state index in [9.17, 15) is 4.79 Å². The van der Waals surface area contributed by atoms with Gasteiger partial charge in [-0.15, -0.1) is 0 Å².